The van der Waals surface area contributed by atoms with Crippen molar-refractivity contribution in [2.75, 3.05) is 26.8 Å². The molecule has 1 saturated carbocycles. The molecule has 0 atom stereocenters. The lowest BCUT2D eigenvalue weighted by molar-refractivity contribution is 0.138. The standard InChI is InChI=1S/C22H32N4OS.HI/c1-3-23-21(25-17-22(13-14-27-2)11-7-8-12-22)24-15-19-16-28-20(26-19)18-9-5-4-6-10-18;/h4-6,9-10,16H,3,7-8,11-15,17H2,1-2H3,(H2,23,24,25);1H. The Balaban J connectivity index is 0.00000300. The van der Waals surface area contributed by atoms with Crippen LogP contribution < -0.4 is 10.6 Å². The van der Waals surface area contributed by atoms with Gasteiger partial charge in [0.25, 0.3) is 0 Å². The molecule has 160 valence electrons. The second-order valence-electron chi connectivity index (χ2n) is 7.51. The van der Waals surface area contributed by atoms with E-state index in [9.17, 15) is 0 Å². The molecule has 0 unspecified atom stereocenters. The van der Waals surface area contributed by atoms with E-state index in [2.05, 4.69) is 35.1 Å². The summed E-state index contributed by atoms with van der Waals surface area (Å²) < 4.78 is 5.35. The summed E-state index contributed by atoms with van der Waals surface area (Å²) in [5, 5.41) is 10.1. The molecule has 1 aliphatic rings. The molecule has 0 bridgehead atoms. The van der Waals surface area contributed by atoms with Crippen molar-refractivity contribution in [3.05, 3.63) is 41.4 Å². The van der Waals surface area contributed by atoms with Crippen molar-refractivity contribution in [2.24, 2.45) is 10.4 Å². The molecule has 0 amide bonds. The lowest BCUT2D eigenvalue weighted by Crippen LogP contribution is -2.43. The molecule has 1 fully saturated rings. The molecule has 0 saturated heterocycles. The first-order valence-corrected chi connectivity index (χ1v) is 11.1. The van der Waals surface area contributed by atoms with Crippen molar-refractivity contribution in [2.45, 2.75) is 45.6 Å². The summed E-state index contributed by atoms with van der Waals surface area (Å²) in [7, 11) is 1.79. The molecule has 2 aromatic rings. The molecule has 1 aromatic carbocycles. The lowest BCUT2D eigenvalue weighted by Gasteiger charge is -2.30. The minimum Gasteiger partial charge on any atom is -0.385 e. The molecule has 7 heteroatoms. The van der Waals surface area contributed by atoms with Crippen LogP contribution in [-0.4, -0.2) is 37.7 Å². The smallest absolute Gasteiger partial charge is 0.191 e. The van der Waals surface area contributed by atoms with Gasteiger partial charge in [0.1, 0.15) is 5.01 Å². The fourth-order valence-corrected chi connectivity index (χ4v) is 4.64. The van der Waals surface area contributed by atoms with Gasteiger partial charge in [-0.05, 0) is 31.6 Å². The van der Waals surface area contributed by atoms with E-state index in [-0.39, 0.29) is 24.0 Å². The molecule has 0 aliphatic heterocycles. The second kappa shape index (κ2) is 12.5. The number of rotatable bonds is 9. The third-order valence-electron chi connectivity index (χ3n) is 5.45. The molecular formula is C22H33IN4OS. The minimum atomic E-state index is 0. The first kappa shape index (κ1) is 24.1. The van der Waals surface area contributed by atoms with Crippen LogP contribution >= 0.6 is 35.3 Å². The Hall–Kier alpha value is -1.19. The molecule has 29 heavy (non-hydrogen) atoms. The zero-order valence-corrected chi connectivity index (χ0v) is 20.6. The number of benzene rings is 1. The van der Waals surface area contributed by atoms with E-state index in [4.69, 9.17) is 14.7 Å². The Morgan fingerprint density at radius 2 is 1.97 bits per heavy atom. The van der Waals surface area contributed by atoms with Gasteiger partial charge >= 0.3 is 0 Å². The van der Waals surface area contributed by atoms with Gasteiger partial charge in [-0.25, -0.2) is 9.98 Å². The summed E-state index contributed by atoms with van der Waals surface area (Å²) in [4.78, 5) is 9.51. The average Bonchev–Trinajstić information content (AvgIpc) is 3.40. The van der Waals surface area contributed by atoms with E-state index in [0.717, 1.165) is 48.3 Å². The van der Waals surface area contributed by atoms with Crippen molar-refractivity contribution in [3.8, 4) is 10.6 Å². The summed E-state index contributed by atoms with van der Waals surface area (Å²) in [6.07, 6.45) is 6.30. The van der Waals surface area contributed by atoms with Crippen LogP contribution in [0.1, 0.15) is 44.7 Å². The van der Waals surface area contributed by atoms with Gasteiger partial charge < -0.3 is 15.4 Å². The summed E-state index contributed by atoms with van der Waals surface area (Å²) in [6.45, 7) is 5.32. The number of methoxy groups -OCH3 is 1. The Bertz CT molecular complexity index is 744. The van der Waals surface area contributed by atoms with E-state index < -0.39 is 0 Å². The third-order valence-corrected chi connectivity index (χ3v) is 6.39. The predicted molar refractivity (Wildman–Crippen MR) is 133 cm³/mol. The highest BCUT2D eigenvalue weighted by Crippen LogP contribution is 2.40. The molecule has 0 spiro atoms. The van der Waals surface area contributed by atoms with Crippen molar-refractivity contribution in [1.82, 2.24) is 15.6 Å². The van der Waals surface area contributed by atoms with Crippen LogP contribution in [0.25, 0.3) is 10.6 Å². The van der Waals surface area contributed by atoms with Gasteiger partial charge in [0, 0.05) is 37.7 Å². The molecule has 1 heterocycles. The van der Waals surface area contributed by atoms with E-state index in [1.807, 2.05) is 18.2 Å². The van der Waals surface area contributed by atoms with Gasteiger partial charge in [0.15, 0.2) is 5.96 Å². The highest BCUT2D eigenvalue weighted by molar-refractivity contribution is 14.0. The molecule has 0 radical (unpaired) electrons. The summed E-state index contributed by atoms with van der Waals surface area (Å²) in [6, 6.07) is 10.3. The topological polar surface area (TPSA) is 58.5 Å². The zero-order chi connectivity index (χ0) is 19.7. The van der Waals surface area contributed by atoms with E-state index in [1.54, 1.807) is 18.4 Å². The number of aliphatic imine (C=N–C) groups is 1. The quantitative estimate of drug-likeness (QED) is 0.271. The third kappa shape index (κ3) is 7.22. The number of nitrogens with zero attached hydrogens (tertiary/aromatic N) is 2. The first-order valence-electron chi connectivity index (χ1n) is 10.3. The average molecular weight is 529 g/mol. The normalized spacial score (nSPS) is 15.7. The highest BCUT2D eigenvalue weighted by Gasteiger charge is 2.33. The summed E-state index contributed by atoms with van der Waals surface area (Å²) in [5.74, 6) is 0.875. The number of thiazole rings is 1. The zero-order valence-electron chi connectivity index (χ0n) is 17.4. The SMILES string of the molecule is CCNC(=NCc1csc(-c2ccccc2)n1)NCC1(CCOC)CCCC1.I. The number of nitrogens with one attached hydrogen (secondary N) is 2. The number of ether oxygens (including phenoxy) is 1. The van der Waals surface area contributed by atoms with Gasteiger partial charge in [-0.3, -0.25) is 0 Å². The van der Waals surface area contributed by atoms with Crippen LogP contribution in [0.4, 0.5) is 0 Å². The molecule has 2 N–H and O–H groups in total. The molecule has 1 aliphatic carbocycles. The Labute approximate surface area is 195 Å². The number of halogens is 1. The molecule has 1 aromatic heterocycles. The summed E-state index contributed by atoms with van der Waals surface area (Å²) >= 11 is 1.67. The Morgan fingerprint density at radius 3 is 2.66 bits per heavy atom. The highest BCUT2D eigenvalue weighted by atomic mass is 127. The van der Waals surface area contributed by atoms with Crippen molar-refractivity contribution in [1.29, 1.82) is 0 Å². The van der Waals surface area contributed by atoms with Gasteiger partial charge in [-0.2, -0.15) is 0 Å². The molecular weight excluding hydrogens is 495 g/mol. The monoisotopic (exact) mass is 528 g/mol. The Morgan fingerprint density at radius 1 is 1.21 bits per heavy atom. The second-order valence-corrected chi connectivity index (χ2v) is 8.37. The van der Waals surface area contributed by atoms with Crippen LogP contribution in [0.3, 0.4) is 0 Å². The fourth-order valence-electron chi connectivity index (χ4n) is 3.82. The van der Waals surface area contributed by atoms with Gasteiger partial charge in [-0.15, -0.1) is 35.3 Å². The number of hydrogen-bond acceptors (Lipinski definition) is 4. The first-order chi connectivity index (χ1) is 13.7. The van der Waals surface area contributed by atoms with E-state index in [1.165, 1.54) is 25.7 Å². The molecule has 5 nitrogen and oxygen atoms in total. The van der Waals surface area contributed by atoms with E-state index >= 15 is 0 Å². The van der Waals surface area contributed by atoms with Crippen LogP contribution in [0.2, 0.25) is 0 Å². The molecule has 3 rings (SSSR count). The predicted octanol–water partition coefficient (Wildman–Crippen LogP) is 5.08. The van der Waals surface area contributed by atoms with Crippen molar-refractivity contribution >= 4 is 41.3 Å². The Kier molecular flexibility index (Phi) is 10.4. The van der Waals surface area contributed by atoms with Gasteiger partial charge in [-0.1, -0.05) is 43.2 Å². The van der Waals surface area contributed by atoms with Crippen LogP contribution in [0, 0.1) is 5.41 Å². The van der Waals surface area contributed by atoms with Crippen LogP contribution in [0.15, 0.2) is 40.7 Å². The number of hydrogen-bond donors (Lipinski definition) is 2. The van der Waals surface area contributed by atoms with Crippen molar-refractivity contribution < 1.29 is 4.74 Å². The van der Waals surface area contributed by atoms with Crippen molar-refractivity contribution in [3.63, 3.8) is 0 Å². The maximum atomic E-state index is 5.35. The maximum Gasteiger partial charge on any atom is 0.191 e. The van der Waals surface area contributed by atoms with Gasteiger partial charge in [0.05, 0.1) is 12.2 Å². The maximum absolute atomic E-state index is 5.35. The van der Waals surface area contributed by atoms with Crippen LogP contribution in [-0.2, 0) is 11.3 Å². The van der Waals surface area contributed by atoms with E-state index in [0.29, 0.717) is 12.0 Å². The number of guanidine groups is 1. The number of aromatic nitrogens is 1. The lowest BCUT2D eigenvalue weighted by atomic mass is 9.83. The summed E-state index contributed by atoms with van der Waals surface area (Å²) in [5.41, 5.74) is 2.51. The fraction of sp³-hybridized carbons (Fsp3) is 0.545. The largest absolute Gasteiger partial charge is 0.385 e. The van der Waals surface area contributed by atoms with Crippen LogP contribution in [0.5, 0.6) is 0 Å². The van der Waals surface area contributed by atoms with Gasteiger partial charge in [0.2, 0.25) is 0 Å². The minimum absolute atomic E-state index is 0.